The Hall–Kier alpha value is -2.71. The van der Waals surface area contributed by atoms with Crippen LogP contribution in [0.3, 0.4) is 0 Å². The summed E-state index contributed by atoms with van der Waals surface area (Å²) >= 11 is 0. The van der Waals surface area contributed by atoms with E-state index in [1.807, 2.05) is 12.1 Å². The molecule has 1 fully saturated rings. The Morgan fingerprint density at radius 1 is 0.967 bits per heavy atom. The molecule has 1 aliphatic carbocycles. The van der Waals surface area contributed by atoms with Crippen LogP contribution in [-0.2, 0) is 22.9 Å². The number of Topliss-reactive ketones (excluding diaryl/α,β-unsaturated/α-hetero) is 1. The zero-order chi connectivity index (χ0) is 21.3. The third kappa shape index (κ3) is 3.97. The second kappa shape index (κ2) is 8.20. The fourth-order valence-corrected chi connectivity index (χ4v) is 5.58. The first kappa shape index (κ1) is 20.6. The van der Waals surface area contributed by atoms with Crippen molar-refractivity contribution in [1.29, 1.82) is 0 Å². The fourth-order valence-electron chi connectivity index (χ4n) is 4.04. The summed E-state index contributed by atoms with van der Waals surface area (Å²) in [6, 6.07) is 9.66. The first-order valence-electron chi connectivity index (χ1n) is 10.1. The smallest absolute Gasteiger partial charge is 0.252 e. The van der Waals surface area contributed by atoms with Gasteiger partial charge < -0.3 is 10.5 Å². The predicted octanol–water partition coefficient (Wildman–Crippen LogP) is 2.32. The zero-order valence-corrected chi connectivity index (χ0v) is 17.4. The molecule has 1 aliphatic heterocycles. The summed E-state index contributed by atoms with van der Waals surface area (Å²) in [6.07, 6.45) is 4.73. The number of carbonyl (C=O) groups is 2. The van der Waals surface area contributed by atoms with Crippen LogP contribution in [0, 0.1) is 0 Å². The van der Waals surface area contributed by atoms with Crippen molar-refractivity contribution in [2.45, 2.75) is 37.0 Å². The van der Waals surface area contributed by atoms with Crippen LogP contribution in [-0.4, -0.2) is 44.1 Å². The molecular weight excluding hydrogens is 404 g/mol. The summed E-state index contributed by atoms with van der Waals surface area (Å²) in [6.45, 7) is 0.654. The van der Waals surface area contributed by atoms with Gasteiger partial charge >= 0.3 is 0 Å². The van der Waals surface area contributed by atoms with Crippen LogP contribution in [0.1, 0.15) is 51.1 Å². The van der Waals surface area contributed by atoms with Gasteiger partial charge in [0.25, 0.3) is 5.91 Å². The highest BCUT2D eigenvalue weighted by molar-refractivity contribution is 7.89. The molecule has 1 amide bonds. The molecule has 0 spiro atoms. The quantitative estimate of drug-likeness (QED) is 0.681. The number of nitrogens with two attached hydrogens (primary N) is 1. The lowest BCUT2D eigenvalue weighted by molar-refractivity contribution is 0.0912. The largest absolute Gasteiger partial charge is 0.485 e. The van der Waals surface area contributed by atoms with E-state index >= 15 is 0 Å². The van der Waals surface area contributed by atoms with E-state index in [2.05, 4.69) is 0 Å². The molecule has 1 heterocycles. The Morgan fingerprint density at radius 2 is 1.70 bits per heavy atom. The van der Waals surface area contributed by atoms with E-state index in [0.29, 0.717) is 18.7 Å². The Morgan fingerprint density at radius 3 is 2.43 bits per heavy atom. The molecule has 0 aromatic heterocycles. The molecular formula is C22H24N2O5S. The van der Waals surface area contributed by atoms with Crippen molar-refractivity contribution in [3.8, 4) is 5.75 Å². The maximum atomic E-state index is 12.7. The Balaban J connectivity index is 1.52. The van der Waals surface area contributed by atoms with Crippen LogP contribution >= 0.6 is 0 Å². The summed E-state index contributed by atoms with van der Waals surface area (Å²) in [5, 5.41) is 0. The number of rotatable bonds is 7. The topological polar surface area (TPSA) is 107 Å². The van der Waals surface area contributed by atoms with Crippen molar-refractivity contribution in [3.05, 3.63) is 58.7 Å². The molecule has 0 unspecified atom stereocenters. The molecule has 0 radical (unpaired) electrons. The van der Waals surface area contributed by atoms with Crippen molar-refractivity contribution in [2.24, 2.45) is 5.73 Å². The van der Waals surface area contributed by atoms with Crippen molar-refractivity contribution >= 4 is 21.7 Å². The SMILES string of the molecule is NC(=O)c1cc(S(=O)(=O)N2CCCC2)ccc1OCC(=O)c1ccc2c(c1)CCC2. The number of ketones is 1. The molecule has 1 saturated heterocycles. The Kier molecular flexibility index (Phi) is 5.62. The Bertz CT molecular complexity index is 1100. The number of sulfonamides is 1. The second-order valence-corrected chi connectivity index (χ2v) is 9.62. The van der Waals surface area contributed by atoms with Gasteiger partial charge in [0.1, 0.15) is 5.75 Å². The minimum Gasteiger partial charge on any atom is -0.485 e. The van der Waals surface area contributed by atoms with E-state index in [4.69, 9.17) is 10.5 Å². The van der Waals surface area contributed by atoms with Gasteiger partial charge in [-0.15, -0.1) is 0 Å². The van der Waals surface area contributed by atoms with Gasteiger partial charge in [-0.2, -0.15) is 4.31 Å². The summed E-state index contributed by atoms with van der Waals surface area (Å²) in [7, 11) is -3.69. The maximum Gasteiger partial charge on any atom is 0.252 e. The lowest BCUT2D eigenvalue weighted by Crippen LogP contribution is -2.28. The number of benzene rings is 2. The predicted molar refractivity (Wildman–Crippen MR) is 111 cm³/mol. The third-order valence-electron chi connectivity index (χ3n) is 5.70. The van der Waals surface area contributed by atoms with Crippen LogP contribution in [0.25, 0.3) is 0 Å². The summed E-state index contributed by atoms with van der Waals surface area (Å²) in [5.41, 5.74) is 8.41. The summed E-state index contributed by atoms with van der Waals surface area (Å²) in [5.74, 6) is -0.931. The molecule has 2 aromatic carbocycles. The lowest BCUT2D eigenvalue weighted by Gasteiger charge is -2.17. The van der Waals surface area contributed by atoms with Crippen molar-refractivity contribution < 1.29 is 22.7 Å². The number of amides is 1. The molecule has 7 nitrogen and oxygen atoms in total. The summed E-state index contributed by atoms with van der Waals surface area (Å²) in [4.78, 5) is 24.5. The number of carbonyl (C=O) groups excluding carboxylic acids is 2. The van der Waals surface area contributed by atoms with E-state index < -0.39 is 15.9 Å². The van der Waals surface area contributed by atoms with Gasteiger partial charge in [-0.05, 0) is 67.5 Å². The molecule has 0 saturated carbocycles. The van der Waals surface area contributed by atoms with Gasteiger partial charge in [0.05, 0.1) is 10.5 Å². The number of fused-ring (bicyclic) bond motifs is 1. The van der Waals surface area contributed by atoms with Gasteiger partial charge in [-0.1, -0.05) is 12.1 Å². The van der Waals surface area contributed by atoms with Gasteiger partial charge in [0.15, 0.2) is 12.4 Å². The molecule has 2 aromatic rings. The molecule has 2 aliphatic rings. The highest BCUT2D eigenvalue weighted by Crippen LogP contribution is 2.27. The van der Waals surface area contributed by atoms with Crippen molar-refractivity contribution in [2.75, 3.05) is 19.7 Å². The number of hydrogen-bond donors (Lipinski definition) is 1. The lowest BCUT2D eigenvalue weighted by atomic mass is 10.0. The number of primary amides is 1. The highest BCUT2D eigenvalue weighted by Gasteiger charge is 2.28. The minimum absolute atomic E-state index is 0.00417. The van der Waals surface area contributed by atoms with Crippen LogP contribution in [0.4, 0.5) is 0 Å². The highest BCUT2D eigenvalue weighted by atomic mass is 32.2. The van der Waals surface area contributed by atoms with Gasteiger partial charge in [-0.25, -0.2) is 8.42 Å². The molecule has 0 atom stereocenters. The number of aryl methyl sites for hydroxylation is 2. The van der Waals surface area contributed by atoms with Crippen molar-refractivity contribution in [1.82, 2.24) is 4.31 Å². The molecule has 30 heavy (non-hydrogen) atoms. The van der Waals surface area contributed by atoms with Gasteiger partial charge in [0, 0.05) is 18.7 Å². The van der Waals surface area contributed by atoms with Gasteiger partial charge in [0.2, 0.25) is 10.0 Å². The fraction of sp³-hybridized carbons (Fsp3) is 0.364. The van der Waals surface area contributed by atoms with E-state index in [-0.39, 0.29) is 28.6 Å². The standard InChI is InChI=1S/C22H24N2O5S/c23-22(26)19-13-18(30(27,28)24-10-1-2-11-24)8-9-21(19)29-14-20(25)17-7-6-15-4-3-5-16(15)12-17/h6-9,12-13H,1-5,10-11,14H2,(H2,23,26). The van der Waals surface area contributed by atoms with Crippen LogP contribution in [0.5, 0.6) is 5.75 Å². The minimum atomic E-state index is -3.69. The van der Waals surface area contributed by atoms with Gasteiger partial charge in [-0.3, -0.25) is 9.59 Å². The molecule has 2 N–H and O–H groups in total. The third-order valence-corrected chi connectivity index (χ3v) is 7.59. The van der Waals surface area contributed by atoms with E-state index in [0.717, 1.165) is 32.1 Å². The zero-order valence-electron chi connectivity index (χ0n) is 16.6. The number of nitrogens with zero attached hydrogens (tertiary/aromatic N) is 1. The van der Waals surface area contributed by atoms with E-state index in [9.17, 15) is 18.0 Å². The maximum absolute atomic E-state index is 12.7. The monoisotopic (exact) mass is 428 g/mol. The van der Waals surface area contributed by atoms with E-state index in [1.165, 1.54) is 33.6 Å². The van der Waals surface area contributed by atoms with Crippen LogP contribution < -0.4 is 10.5 Å². The number of ether oxygens (including phenoxy) is 1. The number of hydrogen-bond acceptors (Lipinski definition) is 5. The second-order valence-electron chi connectivity index (χ2n) is 7.68. The summed E-state index contributed by atoms with van der Waals surface area (Å²) < 4.78 is 32.4. The normalized spacial score (nSPS) is 16.4. The first-order chi connectivity index (χ1) is 14.4. The molecule has 4 rings (SSSR count). The first-order valence-corrected chi connectivity index (χ1v) is 11.5. The Labute approximate surface area is 175 Å². The molecule has 0 bridgehead atoms. The van der Waals surface area contributed by atoms with Crippen LogP contribution in [0.2, 0.25) is 0 Å². The van der Waals surface area contributed by atoms with Crippen molar-refractivity contribution in [3.63, 3.8) is 0 Å². The average Bonchev–Trinajstić information content (AvgIpc) is 3.43. The molecule has 158 valence electrons. The average molecular weight is 429 g/mol. The van der Waals surface area contributed by atoms with Crippen LogP contribution in [0.15, 0.2) is 41.3 Å². The van der Waals surface area contributed by atoms with E-state index in [1.54, 1.807) is 6.07 Å². The molecule has 8 heteroatoms.